The van der Waals surface area contributed by atoms with E-state index in [9.17, 15) is 5.11 Å². The van der Waals surface area contributed by atoms with Crippen LogP contribution in [0, 0.1) is 0 Å². The van der Waals surface area contributed by atoms with Gasteiger partial charge in [-0.1, -0.05) is 23.7 Å². The topological polar surface area (TPSA) is 29.5 Å². The van der Waals surface area contributed by atoms with Gasteiger partial charge in [0.25, 0.3) is 0 Å². The van der Waals surface area contributed by atoms with Gasteiger partial charge in [-0.15, -0.1) is 11.3 Å². The SMILES string of the molecule is OC(CCc1ccc2c(c1)CCO2)c1cc(Cl)cs1. The molecule has 0 aliphatic carbocycles. The molecule has 1 unspecified atom stereocenters. The van der Waals surface area contributed by atoms with Crippen LogP contribution in [0.15, 0.2) is 29.6 Å². The molecule has 1 aliphatic rings. The van der Waals surface area contributed by atoms with Crippen molar-refractivity contribution in [1.29, 1.82) is 0 Å². The van der Waals surface area contributed by atoms with Gasteiger partial charge in [-0.05, 0) is 36.1 Å². The smallest absolute Gasteiger partial charge is 0.122 e. The second kappa shape index (κ2) is 5.53. The molecule has 0 fully saturated rings. The number of benzene rings is 1. The summed E-state index contributed by atoms with van der Waals surface area (Å²) in [6, 6.07) is 8.15. The van der Waals surface area contributed by atoms with Gasteiger partial charge in [-0.3, -0.25) is 0 Å². The van der Waals surface area contributed by atoms with Gasteiger partial charge in [0.2, 0.25) is 0 Å². The van der Waals surface area contributed by atoms with E-state index in [2.05, 4.69) is 12.1 Å². The summed E-state index contributed by atoms with van der Waals surface area (Å²) in [7, 11) is 0. The predicted molar refractivity (Wildman–Crippen MR) is 78.3 cm³/mol. The summed E-state index contributed by atoms with van der Waals surface area (Å²) in [6.07, 6.45) is 2.15. The molecular weight excluding hydrogens is 280 g/mol. The zero-order valence-electron chi connectivity index (χ0n) is 10.4. The van der Waals surface area contributed by atoms with Crippen LogP contribution < -0.4 is 4.74 Å². The molecule has 2 nitrogen and oxygen atoms in total. The van der Waals surface area contributed by atoms with Crippen molar-refractivity contribution in [2.45, 2.75) is 25.4 Å². The molecule has 4 heteroatoms. The first-order valence-electron chi connectivity index (χ1n) is 6.39. The van der Waals surface area contributed by atoms with Crippen molar-refractivity contribution in [3.63, 3.8) is 0 Å². The maximum atomic E-state index is 10.1. The quantitative estimate of drug-likeness (QED) is 0.923. The average Bonchev–Trinajstić information content (AvgIpc) is 3.03. The highest BCUT2D eigenvalue weighted by atomic mass is 35.5. The molecule has 3 rings (SSSR count). The lowest BCUT2D eigenvalue weighted by Gasteiger charge is -2.09. The maximum Gasteiger partial charge on any atom is 0.122 e. The highest BCUT2D eigenvalue weighted by Gasteiger charge is 2.14. The number of rotatable bonds is 4. The largest absolute Gasteiger partial charge is 0.493 e. The molecule has 0 spiro atoms. The highest BCUT2D eigenvalue weighted by Crippen LogP contribution is 2.30. The van der Waals surface area contributed by atoms with Crippen LogP contribution in [0.5, 0.6) is 5.75 Å². The van der Waals surface area contributed by atoms with Crippen LogP contribution in [-0.2, 0) is 12.8 Å². The first-order chi connectivity index (χ1) is 9.22. The number of thiophene rings is 1. The highest BCUT2D eigenvalue weighted by molar-refractivity contribution is 7.10. The Kier molecular flexibility index (Phi) is 3.78. The minimum atomic E-state index is -0.429. The Morgan fingerprint density at radius 1 is 1.37 bits per heavy atom. The monoisotopic (exact) mass is 294 g/mol. The molecule has 0 saturated carbocycles. The Morgan fingerprint density at radius 3 is 3.05 bits per heavy atom. The fourth-order valence-corrected chi connectivity index (χ4v) is 3.45. The predicted octanol–water partition coefficient (Wildman–Crippen LogP) is 4.00. The number of aryl methyl sites for hydroxylation is 1. The first kappa shape index (κ1) is 13.0. The molecule has 1 aliphatic heterocycles. The van der Waals surface area contributed by atoms with E-state index >= 15 is 0 Å². The van der Waals surface area contributed by atoms with E-state index in [1.807, 2.05) is 17.5 Å². The van der Waals surface area contributed by atoms with Crippen LogP contribution in [0.1, 0.15) is 28.5 Å². The van der Waals surface area contributed by atoms with Crippen molar-refractivity contribution in [3.05, 3.63) is 50.7 Å². The molecule has 100 valence electrons. The maximum absolute atomic E-state index is 10.1. The molecule has 1 aromatic heterocycles. The molecule has 1 aromatic carbocycles. The molecule has 0 bridgehead atoms. The average molecular weight is 295 g/mol. The summed E-state index contributed by atoms with van der Waals surface area (Å²) in [6.45, 7) is 0.787. The number of aliphatic hydroxyl groups excluding tert-OH is 1. The van der Waals surface area contributed by atoms with Crippen LogP contribution in [0.2, 0.25) is 5.02 Å². The number of hydrogen-bond donors (Lipinski definition) is 1. The lowest BCUT2D eigenvalue weighted by molar-refractivity contribution is 0.171. The molecule has 0 radical (unpaired) electrons. The molecule has 1 N–H and O–H groups in total. The molecule has 0 amide bonds. The van der Waals surface area contributed by atoms with Gasteiger partial charge in [-0.25, -0.2) is 0 Å². The van der Waals surface area contributed by atoms with E-state index < -0.39 is 6.10 Å². The van der Waals surface area contributed by atoms with Gasteiger partial charge >= 0.3 is 0 Å². The van der Waals surface area contributed by atoms with Crippen molar-refractivity contribution < 1.29 is 9.84 Å². The van der Waals surface area contributed by atoms with Gasteiger partial charge in [0.15, 0.2) is 0 Å². The van der Waals surface area contributed by atoms with Gasteiger partial charge in [0.05, 0.1) is 17.7 Å². The van der Waals surface area contributed by atoms with Crippen molar-refractivity contribution in [3.8, 4) is 5.75 Å². The minimum Gasteiger partial charge on any atom is -0.493 e. The zero-order valence-corrected chi connectivity index (χ0v) is 12.0. The fourth-order valence-electron chi connectivity index (χ4n) is 2.34. The number of fused-ring (bicyclic) bond motifs is 1. The summed E-state index contributed by atoms with van der Waals surface area (Å²) < 4.78 is 5.49. The van der Waals surface area contributed by atoms with Gasteiger partial charge in [-0.2, -0.15) is 0 Å². The number of aliphatic hydroxyl groups is 1. The molecule has 0 saturated heterocycles. The van der Waals surface area contributed by atoms with E-state index in [4.69, 9.17) is 16.3 Å². The molecule has 19 heavy (non-hydrogen) atoms. The normalized spacial score (nSPS) is 15.1. The third-order valence-electron chi connectivity index (χ3n) is 3.38. The third kappa shape index (κ3) is 2.94. The number of halogens is 1. The van der Waals surface area contributed by atoms with Gasteiger partial charge in [0, 0.05) is 16.7 Å². The summed E-state index contributed by atoms with van der Waals surface area (Å²) >= 11 is 7.38. The zero-order chi connectivity index (χ0) is 13.2. The van der Waals surface area contributed by atoms with E-state index in [1.165, 1.54) is 22.5 Å². The Hall–Kier alpha value is -1.03. The molecular formula is C15H15ClO2S. The first-order valence-corrected chi connectivity index (χ1v) is 7.65. The van der Waals surface area contributed by atoms with Crippen LogP contribution >= 0.6 is 22.9 Å². The summed E-state index contributed by atoms with van der Waals surface area (Å²) in [5.41, 5.74) is 2.54. The summed E-state index contributed by atoms with van der Waals surface area (Å²) in [5, 5.41) is 12.7. The number of hydrogen-bond acceptors (Lipinski definition) is 3. The Balaban J connectivity index is 1.63. The van der Waals surface area contributed by atoms with Crippen LogP contribution in [0.25, 0.3) is 0 Å². The van der Waals surface area contributed by atoms with Crippen molar-refractivity contribution in [2.75, 3.05) is 6.61 Å². The second-order valence-electron chi connectivity index (χ2n) is 4.76. The summed E-state index contributed by atoms with van der Waals surface area (Å²) in [4.78, 5) is 0.939. The fraction of sp³-hybridized carbons (Fsp3) is 0.333. The molecule has 2 aromatic rings. The van der Waals surface area contributed by atoms with Crippen LogP contribution in [0.3, 0.4) is 0 Å². The lowest BCUT2D eigenvalue weighted by atomic mass is 10.0. The Morgan fingerprint density at radius 2 is 2.26 bits per heavy atom. The van der Waals surface area contributed by atoms with Crippen molar-refractivity contribution in [1.82, 2.24) is 0 Å². The number of ether oxygens (including phenoxy) is 1. The van der Waals surface area contributed by atoms with Crippen molar-refractivity contribution in [2.24, 2.45) is 0 Å². The lowest BCUT2D eigenvalue weighted by Crippen LogP contribution is -1.97. The molecule has 2 heterocycles. The van der Waals surface area contributed by atoms with E-state index in [0.717, 1.165) is 36.5 Å². The third-order valence-corrected chi connectivity index (χ3v) is 4.76. The summed E-state index contributed by atoms with van der Waals surface area (Å²) in [5.74, 6) is 1.01. The van der Waals surface area contributed by atoms with E-state index in [-0.39, 0.29) is 0 Å². The van der Waals surface area contributed by atoms with E-state index in [1.54, 1.807) is 0 Å². The minimum absolute atomic E-state index is 0.429. The Labute approximate surface area is 121 Å². The van der Waals surface area contributed by atoms with E-state index in [0.29, 0.717) is 5.02 Å². The second-order valence-corrected chi connectivity index (χ2v) is 6.14. The van der Waals surface area contributed by atoms with Gasteiger partial charge in [0.1, 0.15) is 5.75 Å². The Bertz CT molecular complexity index is 579. The van der Waals surface area contributed by atoms with Crippen molar-refractivity contribution >= 4 is 22.9 Å². The molecule has 1 atom stereocenters. The standard InChI is InChI=1S/C15H15ClO2S/c16-12-8-15(19-9-12)13(17)3-1-10-2-4-14-11(7-10)5-6-18-14/h2,4,7-9,13,17H,1,3,5-6H2. The van der Waals surface area contributed by atoms with Gasteiger partial charge < -0.3 is 9.84 Å². The van der Waals surface area contributed by atoms with Crippen LogP contribution in [-0.4, -0.2) is 11.7 Å². The van der Waals surface area contributed by atoms with Crippen LogP contribution in [0.4, 0.5) is 0 Å².